The van der Waals surface area contributed by atoms with E-state index < -0.39 is 23.7 Å². The van der Waals surface area contributed by atoms with Crippen molar-refractivity contribution in [3.05, 3.63) is 33.8 Å². The molecule has 1 nitrogen and oxygen atoms in total. The van der Waals surface area contributed by atoms with Crippen LogP contribution in [0.3, 0.4) is 0 Å². The van der Waals surface area contributed by atoms with Gasteiger partial charge in [0.2, 0.25) is 0 Å². The second-order valence-electron chi connectivity index (χ2n) is 3.27. The molecule has 9 heteroatoms. The number of hydrogen-bond acceptors (Lipinski definition) is 1. The summed E-state index contributed by atoms with van der Waals surface area (Å²) in [6, 6.07) is 0.426. The first-order chi connectivity index (χ1) is 7.57. The van der Waals surface area contributed by atoms with Gasteiger partial charge >= 0.3 is 12.1 Å². The first-order valence-corrected chi connectivity index (χ1v) is 4.98. The summed E-state index contributed by atoms with van der Waals surface area (Å²) < 4.78 is 62.0. The lowest BCUT2D eigenvalue weighted by Gasteiger charge is -2.26. The standard InChI is InChI=1S/C9H6Cl2F5N.ClH/c10-5-2-1-4(3-6(5)11)7(17)8(12,13)9(14,15)16;/h1-3,7H,17H2;1H/t7-;/m1./s1. The molecule has 0 aliphatic heterocycles. The van der Waals surface area contributed by atoms with Gasteiger partial charge in [-0.1, -0.05) is 29.3 Å². The third-order valence-electron chi connectivity index (χ3n) is 2.07. The minimum atomic E-state index is -5.72. The number of nitrogens with two attached hydrogens (primary N) is 1. The predicted molar refractivity (Wildman–Crippen MR) is 61.6 cm³/mol. The number of benzene rings is 1. The lowest BCUT2D eigenvalue weighted by molar-refractivity contribution is -0.291. The lowest BCUT2D eigenvalue weighted by Crippen LogP contribution is -2.45. The fraction of sp³-hybridized carbons (Fsp3) is 0.333. The molecule has 1 atom stereocenters. The van der Waals surface area contributed by atoms with Crippen LogP contribution in [0.4, 0.5) is 22.0 Å². The topological polar surface area (TPSA) is 26.0 Å². The van der Waals surface area contributed by atoms with Crippen LogP contribution in [-0.4, -0.2) is 12.1 Å². The van der Waals surface area contributed by atoms with Gasteiger partial charge in [0.1, 0.15) is 6.04 Å². The minimum Gasteiger partial charge on any atom is -0.319 e. The molecule has 1 aromatic rings. The Bertz CT molecular complexity index is 421. The summed E-state index contributed by atoms with van der Waals surface area (Å²) in [5.74, 6) is -5.04. The van der Waals surface area contributed by atoms with E-state index in [-0.39, 0.29) is 22.5 Å². The Morgan fingerprint density at radius 1 is 1.00 bits per heavy atom. The second-order valence-corrected chi connectivity index (χ2v) is 4.09. The van der Waals surface area contributed by atoms with E-state index in [1.807, 2.05) is 0 Å². The second kappa shape index (κ2) is 5.77. The zero-order chi connectivity index (χ0) is 13.4. The van der Waals surface area contributed by atoms with Crippen LogP contribution < -0.4 is 5.73 Å². The van der Waals surface area contributed by atoms with E-state index in [1.165, 1.54) is 0 Å². The van der Waals surface area contributed by atoms with Crippen molar-refractivity contribution in [2.45, 2.75) is 18.1 Å². The number of halogens is 8. The molecule has 2 N–H and O–H groups in total. The Labute approximate surface area is 115 Å². The highest BCUT2D eigenvalue weighted by Gasteiger charge is 2.61. The Morgan fingerprint density at radius 3 is 1.89 bits per heavy atom. The monoisotopic (exact) mass is 329 g/mol. The minimum absolute atomic E-state index is 0. The van der Waals surface area contributed by atoms with Gasteiger partial charge in [-0.15, -0.1) is 12.4 Å². The molecule has 0 fully saturated rings. The van der Waals surface area contributed by atoms with E-state index in [2.05, 4.69) is 0 Å². The Kier molecular flexibility index (Phi) is 5.68. The number of hydrogen-bond donors (Lipinski definition) is 1. The maximum absolute atomic E-state index is 12.9. The van der Waals surface area contributed by atoms with Crippen molar-refractivity contribution in [1.29, 1.82) is 0 Å². The van der Waals surface area contributed by atoms with Crippen molar-refractivity contribution >= 4 is 35.6 Å². The molecule has 0 spiro atoms. The van der Waals surface area contributed by atoms with Crippen LogP contribution in [0.5, 0.6) is 0 Å². The van der Waals surface area contributed by atoms with Crippen LogP contribution in [0.15, 0.2) is 18.2 Å². The summed E-state index contributed by atoms with van der Waals surface area (Å²) in [6.07, 6.45) is -5.72. The SMILES string of the molecule is Cl.N[C@H](c1ccc(Cl)c(Cl)c1)C(F)(F)C(F)(F)F. The molecule has 1 aromatic carbocycles. The zero-order valence-electron chi connectivity index (χ0n) is 8.44. The van der Waals surface area contributed by atoms with Crippen molar-refractivity contribution in [1.82, 2.24) is 0 Å². The zero-order valence-corrected chi connectivity index (χ0v) is 10.8. The van der Waals surface area contributed by atoms with Gasteiger partial charge in [-0.25, -0.2) is 0 Å². The maximum atomic E-state index is 12.9. The van der Waals surface area contributed by atoms with Gasteiger partial charge < -0.3 is 5.73 Å². The van der Waals surface area contributed by atoms with E-state index in [0.717, 1.165) is 18.2 Å². The molecule has 0 unspecified atom stereocenters. The summed E-state index contributed by atoms with van der Waals surface area (Å²) in [6.45, 7) is 0. The van der Waals surface area contributed by atoms with E-state index in [1.54, 1.807) is 0 Å². The lowest BCUT2D eigenvalue weighted by atomic mass is 10.0. The van der Waals surface area contributed by atoms with Gasteiger partial charge in [0.15, 0.2) is 0 Å². The van der Waals surface area contributed by atoms with Crippen LogP contribution >= 0.6 is 35.6 Å². The van der Waals surface area contributed by atoms with E-state index in [4.69, 9.17) is 28.9 Å². The summed E-state index contributed by atoms with van der Waals surface area (Å²) >= 11 is 11.0. The van der Waals surface area contributed by atoms with Gasteiger partial charge in [0.05, 0.1) is 10.0 Å². The van der Waals surface area contributed by atoms with Gasteiger partial charge in [0, 0.05) is 0 Å². The maximum Gasteiger partial charge on any atom is 0.455 e. The molecule has 0 amide bonds. The van der Waals surface area contributed by atoms with Gasteiger partial charge in [-0.3, -0.25) is 0 Å². The fourth-order valence-corrected chi connectivity index (χ4v) is 1.40. The van der Waals surface area contributed by atoms with E-state index in [9.17, 15) is 22.0 Å². The van der Waals surface area contributed by atoms with E-state index in [0.29, 0.717) is 0 Å². The average Bonchev–Trinajstić information content (AvgIpc) is 2.19. The van der Waals surface area contributed by atoms with Crippen LogP contribution in [0, 0.1) is 0 Å². The molecule has 0 aliphatic carbocycles. The van der Waals surface area contributed by atoms with Crippen molar-refractivity contribution in [2.75, 3.05) is 0 Å². The smallest absolute Gasteiger partial charge is 0.319 e. The van der Waals surface area contributed by atoms with Crippen molar-refractivity contribution in [2.24, 2.45) is 5.73 Å². The highest BCUT2D eigenvalue weighted by Crippen LogP contribution is 2.43. The van der Waals surface area contributed by atoms with Gasteiger partial charge in [-0.05, 0) is 17.7 Å². The first kappa shape index (κ1) is 17.7. The Morgan fingerprint density at radius 2 is 1.50 bits per heavy atom. The summed E-state index contributed by atoms with van der Waals surface area (Å²) in [4.78, 5) is 0. The van der Waals surface area contributed by atoms with Gasteiger partial charge in [-0.2, -0.15) is 22.0 Å². The van der Waals surface area contributed by atoms with Crippen molar-refractivity contribution < 1.29 is 22.0 Å². The molecule has 0 radical (unpaired) electrons. The molecule has 0 saturated carbocycles. The molecule has 0 bridgehead atoms. The highest BCUT2D eigenvalue weighted by molar-refractivity contribution is 6.42. The fourth-order valence-electron chi connectivity index (χ4n) is 1.09. The Balaban J connectivity index is 0.00000289. The average molecular weight is 331 g/mol. The molecule has 0 aromatic heterocycles. The third kappa shape index (κ3) is 3.38. The first-order valence-electron chi connectivity index (χ1n) is 4.22. The van der Waals surface area contributed by atoms with Gasteiger partial charge in [0.25, 0.3) is 0 Å². The molecular weight excluding hydrogens is 323 g/mol. The van der Waals surface area contributed by atoms with E-state index >= 15 is 0 Å². The van der Waals surface area contributed by atoms with Crippen LogP contribution in [0.1, 0.15) is 11.6 Å². The summed E-state index contributed by atoms with van der Waals surface area (Å²) in [5, 5.41) is -0.101. The number of rotatable bonds is 2. The largest absolute Gasteiger partial charge is 0.455 e. The molecule has 0 aliphatic rings. The normalized spacial score (nSPS) is 14.0. The molecule has 104 valence electrons. The third-order valence-corrected chi connectivity index (χ3v) is 2.81. The molecule has 0 heterocycles. The van der Waals surface area contributed by atoms with Crippen molar-refractivity contribution in [3.8, 4) is 0 Å². The predicted octanol–water partition coefficient (Wildman–Crippen LogP) is 4.61. The summed E-state index contributed by atoms with van der Waals surface area (Å²) in [7, 11) is 0. The summed E-state index contributed by atoms with van der Waals surface area (Å²) in [5.41, 5.74) is 4.46. The highest BCUT2D eigenvalue weighted by atomic mass is 35.5. The molecule has 18 heavy (non-hydrogen) atoms. The molecule has 0 saturated heterocycles. The number of alkyl halides is 5. The van der Waals surface area contributed by atoms with Crippen LogP contribution in [0.25, 0.3) is 0 Å². The van der Waals surface area contributed by atoms with Crippen LogP contribution in [0.2, 0.25) is 10.0 Å². The molecule has 1 rings (SSSR count). The van der Waals surface area contributed by atoms with Crippen LogP contribution in [-0.2, 0) is 0 Å². The van der Waals surface area contributed by atoms with Crippen molar-refractivity contribution in [3.63, 3.8) is 0 Å². The quantitative estimate of drug-likeness (QED) is 0.787. The Hall–Kier alpha value is -0.300. The molecular formula is C9H7Cl3F5N.